The van der Waals surface area contributed by atoms with Crippen molar-refractivity contribution in [3.8, 4) is 5.75 Å². The zero-order chi connectivity index (χ0) is 18.5. The molecule has 2 aromatic carbocycles. The summed E-state index contributed by atoms with van der Waals surface area (Å²) in [6, 6.07) is 18.0. The summed E-state index contributed by atoms with van der Waals surface area (Å²) in [6.07, 6.45) is 1.58. The Morgan fingerprint density at radius 3 is 2.65 bits per heavy atom. The van der Waals surface area contributed by atoms with Gasteiger partial charge < -0.3 is 14.6 Å². The molecule has 0 aliphatic rings. The standard InChI is InChI=1S/C21H20N2O3/c1-15-5-3-6-16(11-15)13-23-14-17(9-10-20(23)24)21(25)22-18-7-4-8-19(12-18)26-2/h3-12,14H,13H2,1-2H3,(H,22,25). The van der Waals surface area contributed by atoms with E-state index in [2.05, 4.69) is 5.32 Å². The summed E-state index contributed by atoms with van der Waals surface area (Å²) in [5.74, 6) is 0.378. The minimum atomic E-state index is -0.281. The number of benzene rings is 2. The van der Waals surface area contributed by atoms with E-state index in [4.69, 9.17) is 4.74 Å². The Kier molecular flexibility index (Phi) is 5.17. The molecule has 0 unspecified atom stereocenters. The number of carbonyl (C=O) groups excluding carboxylic acids is 1. The Labute approximate surface area is 151 Å². The van der Waals surface area contributed by atoms with E-state index >= 15 is 0 Å². The van der Waals surface area contributed by atoms with Crippen LogP contribution in [0.2, 0.25) is 0 Å². The molecule has 0 bridgehead atoms. The van der Waals surface area contributed by atoms with Gasteiger partial charge in [-0.15, -0.1) is 0 Å². The van der Waals surface area contributed by atoms with Crippen LogP contribution in [0.5, 0.6) is 5.75 Å². The molecule has 0 aliphatic heterocycles. The Balaban J connectivity index is 1.82. The number of methoxy groups -OCH3 is 1. The van der Waals surface area contributed by atoms with E-state index in [9.17, 15) is 9.59 Å². The molecule has 0 fully saturated rings. The van der Waals surface area contributed by atoms with E-state index in [1.807, 2.05) is 31.2 Å². The Morgan fingerprint density at radius 1 is 1.08 bits per heavy atom. The number of aryl methyl sites for hydroxylation is 1. The van der Waals surface area contributed by atoms with Crippen LogP contribution in [-0.2, 0) is 6.54 Å². The maximum Gasteiger partial charge on any atom is 0.257 e. The second kappa shape index (κ2) is 7.70. The third-order valence-corrected chi connectivity index (χ3v) is 4.01. The highest BCUT2D eigenvalue weighted by molar-refractivity contribution is 6.04. The van der Waals surface area contributed by atoms with Gasteiger partial charge in [-0.05, 0) is 30.7 Å². The molecule has 1 amide bonds. The van der Waals surface area contributed by atoms with E-state index in [1.165, 1.54) is 16.7 Å². The molecule has 132 valence electrons. The van der Waals surface area contributed by atoms with Gasteiger partial charge in [0, 0.05) is 24.0 Å². The smallest absolute Gasteiger partial charge is 0.257 e. The number of carbonyl (C=O) groups is 1. The first-order valence-electron chi connectivity index (χ1n) is 8.26. The normalized spacial score (nSPS) is 10.4. The summed E-state index contributed by atoms with van der Waals surface area (Å²) >= 11 is 0. The number of ether oxygens (including phenoxy) is 1. The second-order valence-corrected chi connectivity index (χ2v) is 6.06. The van der Waals surface area contributed by atoms with Crippen LogP contribution < -0.4 is 15.6 Å². The second-order valence-electron chi connectivity index (χ2n) is 6.06. The predicted molar refractivity (Wildman–Crippen MR) is 102 cm³/mol. The lowest BCUT2D eigenvalue weighted by molar-refractivity contribution is 0.102. The molecule has 26 heavy (non-hydrogen) atoms. The number of rotatable bonds is 5. The highest BCUT2D eigenvalue weighted by Gasteiger charge is 2.09. The lowest BCUT2D eigenvalue weighted by Crippen LogP contribution is -2.22. The average Bonchev–Trinajstić information content (AvgIpc) is 2.63. The third-order valence-electron chi connectivity index (χ3n) is 4.01. The van der Waals surface area contributed by atoms with Crippen LogP contribution in [-0.4, -0.2) is 17.6 Å². The molecular weight excluding hydrogens is 328 g/mol. The lowest BCUT2D eigenvalue weighted by Gasteiger charge is -2.10. The predicted octanol–water partition coefficient (Wildman–Crippen LogP) is 3.47. The maximum absolute atomic E-state index is 12.5. The molecule has 0 spiro atoms. The third kappa shape index (κ3) is 4.19. The van der Waals surface area contributed by atoms with Gasteiger partial charge in [-0.25, -0.2) is 0 Å². The minimum Gasteiger partial charge on any atom is -0.497 e. The summed E-state index contributed by atoms with van der Waals surface area (Å²) < 4.78 is 6.69. The van der Waals surface area contributed by atoms with Gasteiger partial charge in [-0.3, -0.25) is 9.59 Å². The van der Waals surface area contributed by atoms with Crippen LogP contribution >= 0.6 is 0 Å². The molecule has 0 atom stereocenters. The molecule has 3 aromatic rings. The molecule has 1 N–H and O–H groups in total. The van der Waals surface area contributed by atoms with Gasteiger partial charge in [0.25, 0.3) is 11.5 Å². The SMILES string of the molecule is COc1cccc(NC(=O)c2ccc(=O)n(Cc3cccc(C)c3)c2)c1. The average molecular weight is 348 g/mol. The lowest BCUT2D eigenvalue weighted by atomic mass is 10.1. The number of aromatic nitrogens is 1. The van der Waals surface area contributed by atoms with Crippen molar-refractivity contribution in [3.63, 3.8) is 0 Å². The Bertz CT molecular complexity index is 992. The van der Waals surface area contributed by atoms with Crippen molar-refractivity contribution >= 4 is 11.6 Å². The molecule has 0 saturated heterocycles. The van der Waals surface area contributed by atoms with Crippen molar-refractivity contribution in [1.29, 1.82) is 0 Å². The van der Waals surface area contributed by atoms with Crippen LogP contribution in [0.3, 0.4) is 0 Å². The van der Waals surface area contributed by atoms with Crippen molar-refractivity contribution in [2.24, 2.45) is 0 Å². The number of nitrogens with one attached hydrogen (secondary N) is 1. The fourth-order valence-electron chi connectivity index (χ4n) is 2.70. The molecule has 0 saturated carbocycles. The van der Waals surface area contributed by atoms with Gasteiger partial charge in [-0.1, -0.05) is 35.9 Å². The van der Waals surface area contributed by atoms with Crippen LogP contribution in [0.25, 0.3) is 0 Å². The van der Waals surface area contributed by atoms with Crippen molar-refractivity contribution in [2.45, 2.75) is 13.5 Å². The first kappa shape index (κ1) is 17.5. The number of anilines is 1. The largest absolute Gasteiger partial charge is 0.497 e. The van der Waals surface area contributed by atoms with Gasteiger partial charge in [0.2, 0.25) is 0 Å². The fourth-order valence-corrected chi connectivity index (χ4v) is 2.70. The Morgan fingerprint density at radius 2 is 1.88 bits per heavy atom. The highest BCUT2D eigenvalue weighted by atomic mass is 16.5. The van der Waals surface area contributed by atoms with Crippen molar-refractivity contribution in [2.75, 3.05) is 12.4 Å². The number of hydrogen-bond donors (Lipinski definition) is 1. The van der Waals surface area contributed by atoms with Crippen LogP contribution in [0.4, 0.5) is 5.69 Å². The molecule has 1 aromatic heterocycles. The first-order valence-corrected chi connectivity index (χ1v) is 8.26. The van der Waals surface area contributed by atoms with Crippen LogP contribution in [0.15, 0.2) is 71.7 Å². The summed E-state index contributed by atoms with van der Waals surface area (Å²) in [5.41, 5.74) is 3.04. The monoisotopic (exact) mass is 348 g/mol. The summed E-state index contributed by atoms with van der Waals surface area (Å²) in [4.78, 5) is 24.7. The van der Waals surface area contributed by atoms with Gasteiger partial charge >= 0.3 is 0 Å². The van der Waals surface area contributed by atoms with E-state index < -0.39 is 0 Å². The molecule has 5 nitrogen and oxygen atoms in total. The first-order chi connectivity index (χ1) is 12.5. The van der Waals surface area contributed by atoms with Crippen molar-refractivity contribution in [3.05, 3.63) is 93.9 Å². The molecule has 0 aliphatic carbocycles. The van der Waals surface area contributed by atoms with Gasteiger partial charge in [-0.2, -0.15) is 0 Å². The molecule has 5 heteroatoms. The van der Waals surface area contributed by atoms with Crippen LogP contribution in [0.1, 0.15) is 21.5 Å². The van der Waals surface area contributed by atoms with E-state index in [0.29, 0.717) is 23.5 Å². The summed E-state index contributed by atoms with van der Waals surface area (Å²) in [6.45, 7) is 2.42. The zero-order valence-electron chi connectivity index (χ0n) is 14.7. The van der Waals surface area contributed by atoms with Crippen molar-refractivity contribution in [1.82, 2.24) is 4.57 Å². The van der Waals surface area contributed by atoms with E-state index in [0.717, 1.165) is 11.1 Å². The molecular formula is C21H20N2O3. The minimum absolute atomic E-state index is 0.149. The Hall–Kier alpha value is -3.34. The zero-order valence-corrected chi connectivity index (χ0v) is 14.7. The topological polar surface area (TPSA) is 60.3 Å². The maximum atomic E-state index is 12.5. The fraction of sp³-hybridized carbons (Fsp3) is 0.143. The molecule has 0 radical (unpaired) electrons. The molecule has 3 rings (SSSR count). The van der Waals surface area contributed by atoms with E-state index in [1.54, 1.807) is 37.6 Å². The summed E-state index contributed by atoms with van der Waals surface area (Å²) in [7, 11) is 1.57. The quantitative estimate of drug-likeness (QED) is 0.768. The van der Waals surface area contributed by atoms with Gasteiger partial charge in [0.05, 0.1) is 19.2 Å². The highest BCUT2D eigenvalue weighted by Crippen LogP contribution is 2.17. The number of nitrogens with zero attached hydrogens (tertiary/aromatic N) is 1. The number of amides is 1. The van der Waals surface area contributed by atoms with Crippen LogP contribution in [0, 0.1) is 6.92 Å². The van der Waals surface area contributed by atoms with E-state index in [-0.39, 0.29) is 11.5 Å². The molecule has 1 heterocycles. The number of pyridine rings is 1. The van der Waals surface area contributed by atoms with Crippen molar-refractivity contribution < 1.29 is 9.53 Å². The van der Waals surface area contributed by atoms with Gasteiger partial charge in [0.15, 0.2) is 0 Å². The summed E-state index contributed by atoms with van der Waals surface area (Å²) in [5, 5.41) is 2.82. The van der Waals surface area contributed by atoms with Gasteiger partial charge in [0.1, 0.15) is 5.75 Å². The number of hydrogen-bond acceptors (Lipinski definition) is 3.